The van der Waals surface area contributed by atoms with Crippen molar-refractivity contribution in [2.75, 3.05) is 6.79 Å². The molecule has 0 saturated carbocycles. The SMILES string of the molecule is CC1=C(C)OCO1. The number of hydrogen-bond donors (Lipinski definition) is 0. The van der Waals surface area contributed by atoms with Gasteiger partial charge in [0.15, 0.2) is 0 Å². The molecule has 2 nitrogen and oxygen atoms in total. The van der Waals surface area contributed by atoms with Crippen molar-refractivity contribution in [3.05, 3.63) is 11.5 Å². The van der Waals surface area contributed by atoms with Crippen molar-refractivity contribution in [1.29, 1.82) is 0 Å². The molecule has 1 heterocycles. The van der Waals surface area contributed by atoms with Gasteiger partial charge in [-0.15, -0.1) is 0 Å². The molecule has 0 fully saturated rings. The molecule has 40 valence electrons. The molecule has 2 heteroatoms. The van der Waals surface area contributed by atoms with Crippen LogP contribution in [0.15, 0.2) is 11.5 Å². The summed E-state index contributed by atoms with van der Waals surface area (Å²) in [5.74, 6) is 1.81. The van der Waals surface area contributed by atoms with Crippen LogP contribution in [0.1, 0.15) is 13.8 Å². The first-order valence-electron chi connectivity index (χ1n) is 2.24. The Balaban J connectivity index is 2.64. The van der Waals surface area contributed by atoms with E-state index in [-0.39, 0.29) is 0 Å². The molecule has 0 saturated heterocycles. The van der Waals surface area contributed by atoms with Crippen molar-refractivity contribution in [3.8, 4) is 0 Å². The lowest BCUT2D eigenvalue weighted by Crippen LogP contribution is -1.79. The Morgan fingerprint density at radius 1 is 1.14 bits per heavy atom. The molecule has 0 bridgehead atoms. The third-order valence-corrected chi connectivity index (χ3v) is 1.05. The minimum Gasteiger partial charge on any atom is -0.459 e. The zero-order chi connectivity index (χ0) is 5.28. The van der Waals surface area contributed by atoms with Crippen LogP contribution in [0.25, 0.3) is 0 Å². The summed E-state index contributed by atoms with van der Waals surface area (Å²) in [5.41, 5.74) is 0. The van der Waals surface area contributed by atoms with Gasteiger partial charge in [0.1, 0.15) is 11.5 Å². The summed E-state index contributed by atoms with van der Waals surface area (Å²) in [6, 6.07) is 0. The average molecular weight is 100 g/mol. The highest BCUT2D eigenvalue weighted by Gasteiger charge is 2.05. The van der Waals surface area contributed by atoms with E-state index in [1.54, 1.807) is 0 Å². The van der Waals surface area contributed by atoms with Gasteiger partial charge >= 0.3 is 0 Å². The number of ether oxygens (including phenoxy) is 2. The van der Waals surface area contributed by atoms with Crippen LogP contribution in [0.5, 0.6) is 0 Å². The molecule has 0 aromatic rings. The van der Waals surface area contributed by atoms with Gasteiger partial charge in [0.25, 0.3) is 0 Å². The molecule has 1 rings (SSSR count). The van der Waals surface area contributed by atoms with E-state index in [1.807, 2.05) is 13.8 Å². The zero-order valence-electron chi connectivity index (χ0n) is 4.52. The highest BCUT2D eigenvalue weighted by Crippen LogP contribution is 2.12. The van der Waals surface area contributed by atoms with Crippen LogP contribution in [0, 0.1) is 0 Å². The van der Waals surface area contributed by atoms with Crippen molar-refractivity contribution >= 4 is 0 Å². The molecule has 0 N–H and O–H groups in total. The van der Waals surface area contributed by atoms with Crippen LogP contribution >= 0.6 is 0 Å². The summed E-state index contributed by atoms with van der Waals surface area (Å²) in [6.07, 6.45) is 0. The Labute approximate surface area is 42.7 Å². The highest BCUT2D eigenvalue weighted by atomic mass is 16.7. The smallest absolute Gasteiger partial charge is 0.230 e. The topological polar surface area (TPSA) is 18.5 Å². The van der Waals surface area contributed by atoms with Crippen molar-refractivity contribution in [2.24, 2.45) is 0 Å². The Morgan fingerprint density at radius 3 is 1.71 bits per heavy atom. The van der Waals surface area contributed by atoms with E-state index in [2.05, 4.69) is 0 Å². The fourth-order valence-corrected chi connectivity index (χ4v) is 0.410. The second-order valence-electron chi connectivity index (χ2n) is 1.52. The average Bonchev–Trinajstić information content (AvgIpc) is 1.91. The lowest BCUT2D eigenvalue weighted by atomic mass is 10.5. The van der Waals surface area contributed by atoms with Crippen molar-refractivity contribution in [1.82, 2.24) is 0 Å². The van der Waals surface area contributed by atoms with Crippen molar-refractivity contribution in [3.63, 3.8) is 0 Å². The number of allylic oxidation sites excluding steroid dienone is 2. The second kappa shape index (κ2) is 1.45. The molecule has 0 radical (unpaired) electrons. The molecule has 0 aromatic heterocycles. The molecule has 0 atom stereocenters. The number of rotatable bonds is 0. The van der Waals surface area contributed by atoms with Gasteiger partial charge in [0.2, 0.25) is 6.79 Å². The molecule has 1 aliphatic rings. The molecule has 0 aliphatic carbocycles. The quantitative estimate of drug-likeness (QED) is 0.456. The summed E-state index contributed by atoms with van der Waals surface area (Å²) in [5, 5.41) is 0. The van der Waals surface area contributed by atoms with Gasteiger partial charge in [-0.25, -0.2) is 0 Å². The van der Waals surface area contributed by atoms with E-state index >= 15 is 0 Å². The first kappa shape index (κ1) is 4.50. The van der Waals surface area contributed by atoms with Gasteiger partial charge in [-0.2, -0.15) is 0 Å². The zero-order valence-corrected chi connectivity index (χ0v) is 4.52. The minimum atomic E-state index is 0.400. The Morgan fingerprint density at radius 2 is 1.57 bits per heavy atom. The van der Waals surface area contributed by atoms with Crippen molar-refractivity contribution < 1.29 is 9.47 Å². The monoisotopic (exact) mass is 100 g/mol. The fraction of sp³-hybridized carbons (Fsp3) is 0.600. The summed E-state index contributed by atoms with van der Waals surface area (Å²) in [4.78, 5) is 0. The lowest BCUT2D eigenvalue weighted by Gasteiger charge is -1.87. The van der Waals surface area contributed by atoms with Gasteiger partial charge in [-0.05, 0) is 13.8 Å². The molecule has 1 aliphatic heterocycles. The maximum absolute atomic E-state index is 4.92. The van der Waals surface area contributed by atoms with Crippen LogP contribution < -0.4 is 0 Å². The van der Waals surface area contributed by atoms with E-state index in [0.717, 1.165) is 11.5 Å². The third-order valence-electron chi connectivity index (χ3n) is 1.05. The first-order chi connectivity index (χ1) is 3.30. The highest BCUT2D eigenvalue weighted by molar-refractivity contribution is 4.97. The summed E-state index contributed by atoms with van der Waals surface area (Å²) >= 11 is 0. The fourth-order valence-electron chi connectivity index (χ4n) is 0.410. The van der Waals surface area contributed by atoms with E-state index in [1.165, 1.54) is 0 Å². The van der Waals surface area contributed by atoms with Crippen LogP contribution in [-0.4, -0.2) is 6.79 Å². The predicted molar refractivity (Wildman–Crippen MR) is 25.4 cm³/mol. The molecule has 0 unspecified atom stereocenters. The van der Waals surface area contributed by atoms with E-state index < -0.39 is 0 Å². The Kier molecular flexibility index (Phi) is 0.929. The van der Waals surface area contributed by atoms with Gasteiger partial charge in [-0.3, -0.25) is 0 Å². The molecule has 0 aromatic carbocycles. The molecule has 0 amide bonds. The predicted octanol–water partition coefficient (Wildman–Crippen LogP) is 1.24. The van der Waals surface area contributed by atoms with Gasteiger partial charge in [-0.1, -0.05) is 0 Å². The maximum Gasteiger partial charge on any atom is 0.230 e. The standard InChI is InChI=1S/C5H8O2/c1-4-5(2)7-3-6-4/h3H2,1-2H3. The lowest BCUT2D eigenvalue weighted by molar-refractivity contribution is 0.0724. The first-order valence-corrected chi connectivity index (χ1v) is 2.24. The Bertz CT molecular complexity index is 92.6. The molecule has 7 heavy (non-hydrogen) atoms. The van der Waals surface area contributed by atoms with Crippen LogP contribution in [0.4, 0.5) is 0 Å². The van der Waals surface area contributed by atoms with Crippen LogP contribution in [-0.2, 0) is 9.47 Å². The van der Waals surface area contributed by atoms with E-state index in [0.29, 0.717) is 6.79 Å². The normalized spacial score (nSPS) is 19.1. The summed E-state index contributed by atoms with van der Waals surface area (Å²) in [6.45, 7) is 4.18. The minimum absolute atomic E-state index is 0.400. The van der Waals surface area contributed by atoms with Crippen LogP contribution in [0.2, 0.25) is 0 Å². The van der Waals surface area contributed by atoms with Crippen molar-refractivity contribution in [2.45, 2.75) is 13.8 Å². The van der Waals surface area contributed by atoms with E-state index in [4.69, 9.17) is 9.47 Å². The maximum atomic E-state index is 4.92. The van der Waals surface area contributed by atoms with Gasteiger partial charge < -0.3 is 9.47 Å². The van der Waals surface area contributed by atoms with Crippen LogP contribution in [0.3, 0.4) is 0 Å². The van der Waals surface area contributed by atoms with E-state index in [9.17, 15) is 0 Å². The van der Waals surface area contributed by atoms with Gasteiger partial charge in [0, 0.05) is 0 Å². The Hall–Kier alpha value is -0.660. The summed E-state index contributed by atoms with van der Waals surface area (Å²) < 4.78 is 9.84. The summed E-state index contributed by atoms with van der Waals surface area (Å²) in [7, 11) is 0. The molecule has 0 spiro atoms. The second-order valence-corrected chi connectivity index (χ2v) is 1.52. The molecular weight excluding hydrogens is 92.1 g/mol. The number of hydrogen-bond acceptors (Lipinski definition) is 2. The van der Waals surface area contributed by atoms with Gasteiger partial charge in [0.05, 0.1) is 0 Å². The largest absolute Gasteiger partial charge is 0.459 e. The molecular formula is C5H8O2. The third kappa shape index (κ3) is 0.683.